The lowest BCUT2D eigenvalue weighted by molar-refractivity contribution is -0.131. The minimum absolute atomic E-state index is 0.477. The second-order valence-electron chi connectivity index (χ2n) is 2.73. The number of carboxylic acid groups (broad SMARTS) is 1. The predicted molar refractivity (Wildman–Crippen MR) is 47.7 cm³/mol. The van der Waals surface area contributed by atoms with Crippen molar-refractivity contribution in [2.45, 2.75) is 0 Å². The fraction of sp³-hybridized carbons (Fsp3) is 0. The second-order valence-corrected chi connectivity index (χ2v) is 2.73. The van der Waals surface area contributed by atoms with E-state index in [9.17, 15) is 18.0 Å². The van der Waals surface area contributed by atoms with Crippen molar-refractivity contribution < 1.29 is 23.1 Å². The van der Waals surface area contributed by atoms with Crippen LogP contribution in [0.25, 0.3) is 6.08 Å². The standard InChI is InChI=1S/C10H4F3NO2/c11-7-3-5(1-2-8(15)16)9(12)6(4-14)10(7)13/h1-3H,(H,15,16)/b2-1+. The summed E-state index contributed by atoms with van der Waals surface area (Å²) in [6, 6.07) is 1.64. The van der Waals surface area contributed by atoms with Gasteiger partial charge in [0.1, 0.15) is 11.6 Å². The molecule has 0 amide bonds. The van der Waals surface area contributed by atoms with Crippen LogP contribution < -0.4 is 0 Å². The van der Waals surface area contributed by atoms with E-state index in [1.807, 2.05) is 0 Å². The molecule has 1 aromatic carbocycles. The summed E-state index contributed by atoms with van der Waals surface area (Å²) in [5, 5.41) is 16.7. The number of nitrogens with zero attached hydrogens (tertiary/aromatic N) is 1. The quantitative estimate of drug-likeness (QED) is 0.621. The van der Waals surface area contributed by atoms with Gasteiger partial charge in [-0.2, -0.15) is 5.26 Å². The number of carbonyl (C=O) groups is 1. The maximum Gasteiger partial charge on any atom is 0.328 e. The Balaban J connectivity index is 3.39. The summed E-state index contributed by atoms with van der Waals surface area (Å²) in [4.78, 5) is 10.1. The number of carboxylic acids is 1. The van der Waals surface area contributed by atoms with Gasteiger partial charge in [-0.15, -0.1) is 0 Å². The van der Waals surface area contributed by atoms with Crippen LogP contribution in [0.15, 0.2) is 12.1 Å². The van der Waals surface area contributed by atoms with Gasteiger partial charge in [0, 0.05) is 11.6 Å². The Bertz CT molecular complexity index is 518. The first-order valence-electron chi connectivity index (χ1n) is 3.96. The fourth-order valence-corrected chi connectivity index (χ4v) is 1.00. The normalized spacial score (nSPS) is 10.4. The van der Waals surface area contributed by atoms with E-state index in [1.54, 1.807) is 0 Å². The topological polar surface area (TPSA) is 61.1 Å². The van der Waals surface area contributed by atoms with Gasteiger partial charge in [0.2, 0.25) is 0 Å². The molecule has 6 heteroatoms. The van der Waals surface area contributed by atoms with Crippen molar-refractivity contribution in [3.63, 3.8) is 0 Å². The van der Waals surface area contributed by atoms with Gasteiger partial charge in [-0.05, 0) is 12.1 Å². The molecule has 16 heavy (non-hydrogen) atoms. The van der Waals surface area contributed by atoms with Crippen LogP contribution in [0.5, 0.6) is 0 Å². The van der Waals surface area contributed by atoms with Crippen LogP contribution in [0.2, 0.25) is 0 Å². The number of rotatable bonds is 2. The lowest BCUT2D eigenvalue weighted by atomic mass is 10.1. The molecule has 82 valence electrons. The van der Waals surface area contributed by atoms with Crippen LogP contribution in [0, 0.1) is 28.8 Å². The second kappa shape index (κ2) is 4.49. The molecular formula is C10H4F3NO2. The first-order valence-corrected chi connectivity index (χ1v) is 3.96. The zero-order chi connectivity index (χ0) is 12.3. The monoisotopic (exact) mass is 227 g/mol. The number of aliphatic carboxylic acids is 1. The Morgan fingerprint density at radius 2 is 2.00 bits per heavy atom. The largest absolute Gasteiger partial charge is 0.478 e. The van der Waals surface area contributed by atoms with Gasteiger partial charge in [0.25, 0.3) is 0 Å². The van der Waals surface area contributed by atoms with E-state index in [4.69, 9.17) is 10.4 Å². The average Bonchev–Trinajstić information content (AvgIpc) is 2.22. The van der Waals surface area contributed by atoms with E-state index in [1.165, 1.54) is 0 Å². The van der Waals surface area contributed by atoms with Crippen molar-refractivity contribution in [2.75, 3.05) is 0 Å². The van der Waals surface area contributed by atoms with E-state index in [-0.39, 0.29) is 0 Å². The minimum atomic E-state index is -1.59. The van der Waals surface area contributed by atoms with Gasteiger partial charge in [0.15, 0.2) is 17.5 Å². The highest BCUT2D eigenvalue weighted by molar-refractivity contribution is 5.85. The number of nitriles is 1. The molecule has 0 heterocycles. The molecule has 0 bridgehead atoms. The molecule has 0 aliphatic carbocycles. The Morgan fingerprint density at radius 3 is 2.50 bits per heavy atom. The number of halogens is 3. The third kappa shape index (κ3) is 2.20. The van der Waals surface area contributed by atoms with Crippen LogP contribution >= 0.6 is 0 Å². The minimum Gasteiger partial charge on any atom is -0.478 e. The third-order valence-corrected chi connectivity index (χ3v) is 1.70. The van der Waals surface area contributed by atoms with Crippen molar-refractivity contribution in [1.29, 1.82) is 5.26 Å². The molecule has 1 N–H and O–H groups in total. The summed E-state index contributed by atoms with van der Waals surface area (Å²) >= 11 is 0. The molecule has 0 saturated carbocycles. The van der Waals surface area contributed by atoms with Gasteiger partial charge in [-0.25, -0.2) is 18.0 Å². The average molecular weight is 227 g/mol. The highest BCUT2D eigenvalue weighted by atomic mass is 19.2. The molecule has 0 radical (unpaired) electrons. The van der Waals surface area contributed by atoms with Crippen molar-refractivity contribution in [2.24, 2.45) is 0 Å². The third-order valence-electron chi connectivity index (χ3n) is 1.70. The SMILES string of the molecule is N#Cc1c(F)c(F)cc(/C=C/C(=O)O)c1F. The summed E-state index contributed by atoms with van der Waals surface area (Å²) in [7, 11) is 0. The molecule has 0 aromatic heterocycles. The van der Waals surface area contributed by atoms with Crippen molar-refractivity contribution in [3.8, 4) is 6.07 Å². The number of hydrogen-bond donors (Lipinski definition) is 1. The smallest absolute Gasteiger partial charge is 0.328 e. The van der Waals surface area contributed by atoms with Crippen molar-refractivity contribution in [3.05, 3.63) is 40.7 Å². The van der Waals surface area contributed by atoms with Crippen LogP contribution in [0.4, 0.5) is 13.2 Å². The maximum absolute atomic E-state index is 13.3. The Hall–Kier alpha value is -2.29. The van der Waals surface area contributed by atoms with E-state index < -0.39 is 34.5 Å². The van der Waals surface area contributed by atoms with Crippen LogP contribution in [-0.2, 0) is 4.79 Å². The summed E-state index contributed by atoms with van der Waals surface area (Å²) in [5.74, 6) is -5.67. The van der Waals surface area contributed by atoms with E-state index in [2.05, 4.69) is 0 Å². The van der Waals surface area contributed by atoms with Gasteiger partial charge in [0.05, 0.1) is 0 Å². The molecule has 0 fully saturated rings. The zero-order valence-electron chi connectivity index (χ0n) is 7.67. The first-order chi connectivity index (χ1) is 7.47. The highest BCUT2D eigenvalue weighted by Gasteiger charge is 2.17. The van der Waals surface area contributed by atoms with E-state index in [0.717, 1.165) is 12.1 Å². The number of benzene rings is 1. The molecular weight excluding hydrogens is 223 g/mol. The molecule has 3 nitrogen and oxygen atoms in total. The summed E-state index contributed by atoms with van der Waals surface area (Å²) in [6.45, 7) is 0. The van der Waals surface area contributed by atoms with Gasteiger partial charge in [-0.1, -0.05) is 0 Å². The summed E-state index contributed by atoms with van der Waals surface area (Å²) in [6.07, 6.45) is 1.29. The van der Waals surface area contributed by atoms with Crippen molar-refractivity contribution in [1.82, 2.24) is 0 Å². The Morgan fingerprint density at radius 1 is 1.38 bits per heavy atom. The molecule has 0 unspecified atom stereocenters. The maximum atomic E-state index is 13.3. The lowest BCUT2D eigenvalue weighted by Gasteiger charge is -2.01. The van der Waals surface area contributed by atoms with Crippen molar-refractivity contribution >= 4 is 12.0 Å². The molecule has 0 spiro atoms. The van der Waals surface area contributed by atoms with Crippen LogP contribution in [0.3, 0.4) is 0 Å². The lowest BCUT2D eigenvalue weighted by Crippen LogP contribution is -1.98. The predicted octanol–water partition coefficient (Wildman–Crippen LogP) is 2.07. The Labute approximate surface area is 88.0 Å². The Kier molecular flexibility index (Phi) is 3.30. The highest BCUT2D eigenvalue weighted by Crippen LogP contribution is 2.20. The van der Waals surface area contributed by atoms with Gasteiger partial charge in [-0.3, -0.25) is 0 Å². The number of hydrogen-bond acceptors (Lipinski definition) is 2. The van der Waals surface area contributed by atoms with Gasteiger partial charge < -0.3 is 5.11 Å². The first kappa shape index (κ1) is 11.8. The molecule has 0 saturated heterocycles. The van der Waals surface area contributed by atoms with Gasteiger partial charge >= 0.3 is 5.97 Å². The van der Waals surface area contributed by atoms with Crippen LogP contribution in [-0.4, -0.2) is 11.1 Å². The molecule has 1 rings (SSSR count). The molecule has 0 atom stereocenters. The van der Waals surface area contributed by atoms with Crippen LogP contribution in [0.1, 0.15) is 11.1 Å². The molecule has 0 aliphatic heterocycles. The zero-order valence-corrected chi connectivity index (χ0v) is 7.67. The fourth-order valence-electron chi connectivity index (χ4n) is 1.00. The van der Waals surface area contributed by atoms with E-state index in [0.29, 0.717) is 12.1 Å². The summed E-state index contributed by atoms with van der Waals surface area (Å²) < 4.78 is 39.0. The molecule has 0 aliphatic rings. The summed E-state index contributed by atoms with van der Waals surface area (Å²) in [5.41, 5.74) is -1.58. The molecule has 1 aromatic rings. The van der Waals surface area contributed by atoms with E-state index >= 15 is 0 Å².